The van der Waals surface area contributed by atoms with Crippen LogP contribution in [-0.2, 0) is 9.59 Å². The lowest BCUT2D eigenvalue weighted by Crippen LogP contribution is -2.39. The minimum Gasteiger partial charge on any atom is -0.396 e. The molecule has 3 N–H and O–H groups in total. The summed E-state index contributed by atoms with van der Waals surface area (Å²) in [4.78, 5) is 23.5. The predicted octanol–water partition coefficient (Wildman–Crippen LogP) is 1.48. The topological polar surface area (TPSA) is 78.4 Å². The number of aliphatic hydroxyl groups is 1. The lowest BCUT2D eigenvalue weighted by Gasteiger charge is -2.13. The molecule has 5 nitrogen and oxygen atoms in total. The van der Waals surface area contributed by atoms with Crippen molar-refractivity contribution in [1.82, 2.24) is 5.32 Å². The smallest absolute Gasteiger partial charge is 0.313 e. The summed E-state index contributed by atoms with van der Waals surface area (Å²) in [5.74, 6) is -1.44. The summed E-state index contributed by atoms with van der Waals surface area (Å²) in [5, 5.41) is 14.7. The molecule has 1 aliphatic carbocycles. The summed E-state index contributed by atoms with van der Waals surface area (Å²) >= 11 is 5.85. The van der Waals surface area contributed by atoms with E-state index in [1.54, 1.807) is 18.2 Å². The number of amides is 2. The Morgan fingerprint density at radius 1 is 1.35 bits per heavy atom. The highest BCUT2D eigenvalue weighted by atomic mass is 35.5. The molecule has 0 radical (unpaired) electrons. The van der Waals surface area contributed by atoms with Gasteiger partial charge in [-0.1, -0.05) is 17.7 Å². The summed E-state index contributed by atoms with van der Waals surface area (Å²) in [6.07, 6.45) is 1.75. The van der Waals surface area contributed by atoms with E-state index in [1.807, 2.05) is 6.92 Å². The molecule has 1 aromatic carbocycles. The van der Waals surface area contributed by atoms with Crippen LogP contribution in [0.1, 0.15) is 18.4 Å². The van der Waals surface area contributed by atoms with Crippen LogP contribution in [0, 0.1) is 12.3 Å². The quantitative estimate of drug-likeness (QED) is 0.736. The summed E-state index contributed by atoms with van der Waals surface area (Å²) in [5.41, 5.74) is 1.12. The largest absolute Gasteiger partial charge is 0.396 e. The molecule has 0 bridgehead atoms. The fourth-order valence-corrected chi connectivity index (χ4v) is 2.00. The van der Waals surface area contributed by atoms with Gasteiger partial charge in [-0.05, 0) is 37.5 Å². The first-order valence-electron chi connectivity index (χ1n) is 6.42. The van der Waals surface area contributed by atoms with Crippen LogP contribution in [0.25, 0.3) is 0 Å². The van der Waals surface area contributed by atoms with E-state index >= 15 is 0 Å². The van der Waals surface area contributed by atoms with Gasteiger partial charge in [0.25, 0.3) is 0 Å². The number of hydrogen-bond acceptors (Lipinski definition) is 3. The highest BCUT2D eigenvalue weighted by Gasteiger charge is 2.42. The maximum atomic E-state index is 11.8. The molecule has 0 aliphatic heterocycles. The standard InChI is InChI=1S/C14H17ClN2O3/c1-9-2-3-10(15)6-11(9)17-13(20)12(19)16-7-14(8-18)4-5-14/h2-3,6,18H,4-5,7-8H2,1H3,(H,16,19)(H,17,20). The molecule has 1 aliphatic rings. The van der Waals surface area contributed by atoms with Crippen LogP contribution < -0.4 is 10.6 Å². The number of anilines is 1. The first-order chi connectivity index (χ1) is 9.46. The maximum absolute atomic E-state index is 11.8. The summed E-state index contributed by atoms with van der Waals surface area (Å²) in [6.45, 7) is 2.17. The molecule has 1 aromatic rings. The normalized spacial score (nSPS) is 15.6. The number of hydrogen-bond donors (Lipinski definition) is 3. The molecule has 20 heavy (non-hydrogen) atoms. The van der Waals surface area contributed by atoms with E-state index in [-0.39, 0.29) is 12.0 Å². The number of aryl methyl sites for hydroxylation is 1. The first kappa shape index (κ1) is 14.8. The third-order valence-corrected chi connectivity index (χ3v) is 3.81. The molecule has 2 amide bonds. The second kappa shape index (κ2) is 5.81. The first-order valence-corrected chi connectivity index (χ1v) is 6.80. The van der Waals surface area contributed by atoms with Gasteiger partial charge in [0.1, 0.15) is 0 Å². The Morgan fingerprint density at radius 2 is 2.05 bits per heavy atom. The van der Waals surface area contributed by atoms with E-state index in [9.17, 15) is 9.59 Å². The molecule has 1 fully saturated rings. The molecule has 0 saturated heterocycles. The highest BCUT2D eigenvalue weighted by Crippen LogP contribution is 2.44. The minimum absolute atomic E-state index is 0.0301. The fourth-order valence-electron chi connectivity index (χ4n) is 1.82. The number of carbonyl (C=O) groups excluding carboxylic acids is 2. The van der Waals surface area contributed by atoms with Crippen LogP contribution in [-0.4, -0.2) is 30.1 Å². The van der Waals surface area contributed by atoms with Crippen molar-refractivity contribution in [3.05, 3.63) is 28.8 Å². The van der Waals surface area contributed by atoms with Gasteiger partial charge in [0.15, 0.2) is 0 Å². The Bertz CT molecular complexity index is 541. The van der Waals surface area contributed by atoms with E-state index < -0.39 is 11.8 Å². The lowest BCUT2D eigenvalue weighted by atomic mass is 10.1. The Labute approximate surface area is 122 Å². The lowest BCUT2D eigenvalue weighted by molar-refractivity contribution is -0.136. The number of halogens is 1. The van der Waals surface area contributed by atoms with Crippen molar-refractivity contribution in [3.63, 3.8) is 0 Å². The van der Waals surface area contributed by atoms with Gasteiger partial charge in [0.05, 0.1) is 6.61 Å². The Balaban J connectivity index is 1.90. The van der Waals surface area contributed by atoms with Gasteiger partial charge in [0, 0.05) is 22.7 Å². The van der Waals surface area contributed by atoms with Crippen LogP contribution in [0.2, 0.25) is 5.02 Å². The zero-order valence-corrected chi connectivity index (χ0v) is 12.0. The molecule has 1 saturated carbocycles. The molecule has 6 heteroatoms. The third-order valence-electron chi connectivity index (χ3n) is 3.57. The zero-order chi connectivity index (χ0) is 14.8. The van der Waals surface area contributed by atoms with Gasteiger partial charge in [-0.15, -0.1) is 0 Å². The Kier molecular flexibility index (Phi) is 4.30. The molecule has 2 rings (SSSR count). The van der Waals surface area contributed by atoms with E-state index in [1.165, 1.54) is 0 Å². The average Bonchev–Trinajstić information content (AvgIpc) is 3.21. The van der Waals surface area contributed by atoms with Gasteiger partial charge >= 0.3 is 11.8 Å². The van der Waals surface area contributed by atoms with Crippen molar-refractivity contribution in [2.45, 2.75) is 19.8 Å². The number of rotatable bonds is 4. The monoisotopic (exact) mass is 296 g/mol. The van der Waals surface area contributed by atoms with Crippen LogP contribution >= 0.6 is 11.6 Å². The van der Waals surface area contributed by atoms with Crippen LogP contribution in [0.3, 0.4) is 0 Å². The third kappa shape index (κ3) is 3.49. The number of carbonyl (C=O) groups is 2. The van der Waals surface area contributed by atoms with E-state index in [0.717, 1.165) is 18.4 Å². The van der Waals surface area contributed by atoms with Crippen LogP contribution in [0.4, 0.5) is 5.69 Å². The van der Waals surface area contributed by atoms with Crippen molar-refractivity contribution >= 4 is 29.1 Å². The highest BCUT2D eigenvalue weighted by molar-refractivity contribution is 6.40. The van der Waals surface area contributed by atoms with Gasteiger partial charge in [-0.25, -0.2) is 0 Å². The Morgan fingerprint density at radius 3 is 2.65 bits per heavy atom. The van der Waals surface area contributed by atoms with E-state index in [0.29, 0.717) is 17.3 Å². The Hall–Kier alpha value is -1.59. The second-order valence-corrected chi connectivity index (χ2v) is 5.69. The van der Waals surface area contributed by atoms with Crippen molar-refractivity contribution in [3.8, 4) is 0 Å². The summed E-state index contributed by atoms with van der Waals surface area (Å²) < 4.78 is 0. The fraction of sp³-hybridized carbons (Fsp3) is 0.429. The number of aliphatic hydroxyl groups excluding tert-OH is 1. The molecule has 0 atom stereocenters. The second-order valence-electron chi connectivity index (χ2n) is 5.25. The predicted molar refractivity (Wildman–Crippen MR) is 76.6 cm³/mol. The molecule has 0 heterocycles. The van der Waals surface area contributed by atoms with Crippen LogP contribution in [0.5, 0.6) is 0 Å². The van der Waals surface area contributed by atoms with Crippen molar-refractivity contribution < 1.29 is 14.7 Å². The number of benzene rings is 1. The van der Waals surface area contributed by atoms with E-state index in [2.05, 4.69) is 10.6 Å². The molecule has 0 unspecified atom stereocenters. The van der Waals surface area contributed by atoms with Crippen molar-refractivity contribution in [2.75, 3.05) is 18.5 Å². The average molecular weight is 297 g/mol. The zero-order valence-electron chi connectivity index (χ0n) is 11.2. The molecule has 0 aromatic heterocycles. The van der Waals surface area contributed by atoms with Crippen molar-refractivity contribution in [2.24, 2.45) is 5.41 Å². The molecular formula is C14H17ClN2O3. The molecule has 108 valence electrons. The molecule has 0 spiro atoms. The van der Waals surface area contributed by atoms with Gasteiger partial charge in [-0.3, -0.25) is 9.59 Å². The molecular weight excluding hydrogens is 280 g/mol. The summed E-state index contributed by atoms with van der Waals surface area (Å²) in [7, 11) is 0. The van der Waals surface area contributed by atoms with Gasteiger partial charge in [0.2, 0.25) is 0 Å². The summed E-state index contributed by atoms with van der Waals surface area (Å²) in [6, 6.07) is 5.07. The number of nitrogens with one attached hydrogen (secondary N) is 2. The van der Waals surface area contributed by atoms with Gasteiger partial charge in [-0.2, -0.15) is 0 Å². The maximum Gasteiger partial charge on any atom is 0.313 e. The minimum atomic E-state index is -0.732. The SMILES string of the molecule is Cc1ccc(Cl)cc1NC(=O)C(=O)NCC1(CO)CC1. The van der Waals surface area contributed by atoms with Gasteiger partial charge < -0.3 is 15.7 Å². The van der Waals surface area contributed by atoms with Crippen LogP contribution in [0.15, 0.2) is 18.2 Å². The van der Waals surface area contributed by atoms with Crippen molar-refractivity contribution in [1.29, 1.82) is 0 Å². The van der Waals surface area contributed by atoms with E-state index in [4.69, 9.17) is 16.7 Å².